The van der Waals surface area contributed by atoms with E-state index in [1.165, 1.54) is 0 Å². The molecule has 1 N–H and O–H groups in total. The molecule has 0 aliphatic carbocycles. The maximum Gasteiger partial charge on any atom is 0.163 e. The van der Waals surface area contributed by atoms with Crippen molar-refractivity contribution in [2.45, 2.75) is 6.54 Å². The van der Waals surface area contributed by atoms with Gasteiger partial charge in [-0.25, -0.2) is 9.97 Å². The fourth-order valence-electron chi connectivity index (χ4n) is 2.52. The molecular weight excluding hydrogens is 298 g/mol. The molecule has 4 rings (SSSR count). The first-order valence-corrected chi connectivity index (χ1v) is 7.70. The lowest BCUT2D eigenvalue weighted by Crippen LogP contribution is -2.04. The lowest BCUT2D eigenvalue weighted by atomic mass is 10.2. The quantitative estimate of drug-likeness (QED) is 0.622. The smallest absolute Gasteiger partial charge is 0.163 e. The highest BCUT2D eigenvalue weighted by Crippen LogP contribution is 2.24. The Labute approximate surface area is 139 Å². The van der Waals surface area contributed by atoms with Gasteiger partial charge in [-0.1, -0.05) is 12.1 Å². The Kier molecular flexibility index (Phi) is 3.81. The van der Waals surface area contributed by atoms with Crippen LogP contribution in [0.5, 0.6) is 0 Å². The van der Waals surface area contributed by atoms with Crippen LogP contribution < -0.4 is 5.32 Å². The molecule has 0 aliphatic heterocycles. The molecule has 5 nitrogen and oxygen atoms in total. The minimum atomic E-state index is 0.666. The lowest BCUT2D eigenvalue weighted by molar-refractivity contribution is 1.09. The molecular formula is C19H15N5. The molecule has 0 spiro atoms. The highest BCUT2D eigenvalue weighted by Gasteiger charge is 2.09. The van der Waals surface area contributed by atoms with E-state index in [4.69, 9.17) is 4.98 Å². The van der Waals surface area contributed by atoms with Gasteiger partial charge in [-0.05, 0) is 42.0 Å². The Morgan fingerprint density at radius 2 is 1.67 bits per heavy atom. The maximum absolute atomic E-state index is 4.71. The SMILES string of the molecule is c1cncc(-c2nc(NCc3ccncc3)c3ccccc3n2)c1. The summed E-state index contributed by atoms with van der Waals surface area (Å²) in [6, 6.07) is 15.8. The predicted octanol–water partition coefficient (Wildman–Crippen LogP) is 3.70. The molecule has 0 amide bonds. The molecule has 0 saturated heterocycles. The first-order chi connectivity index (χ1) is 11.9. The van der Waals surface area contributed by atoms with Gasteiger partial charge >= 0.3 is 0 Å². The second kappa shape index (κ2) is 6.42. The Bertz CT molecular complexity index is 955. The summed E-state index contributed by atoms with van der Waals surface area (Å²) in [7, 11) is 0. The van der Waals surface area contributed by atoms with Gasteiger partial charge in [-0.3, -0.25) is 9.97 Å². The molecule has 0 saturated carbocycles. The molecule has 116 valence electrons. The van der Waals surface area contributed by atoms with Gasteiger partial charge in [0.15, 0.2) is 5.82 Å². The summed E-state index contributed by atoms with van der Waals surface area (Å²) in [4.78, 5) is 17.6. The first-order valence-electron chi connectivity index (χ1n) is 7.70. The van der Waals surface area contributed by atoms with Crippen molar-refractivity contribution in [3.8, 4) is 11.4 Å². The molecule has 0 aliphatic rings. The summed E-state index contributed by atoms with van der Waals surface area (Å²) < 4.78 is 0. The molecule has 0 radical (unpaired) electrons. The van der Waals surface area contributed by atoms with Crippen LogP contribution in [0.15, 0.2) is 73.3 Å². The van der Waals surface area contributed by atoms with E-state index >= 15 is 0 Å². The van der Waals surface area contributed by atoms with Crippen LogP contribution in [0.4, 0.5) is 5.82 Å². The van der Waals surface area contributed by atoms with Crippen LogP contribution in [0, 0.1) is 0 Å². The van der Waals surface area contributed by atoms with Crippen molar-refractivity contribution in [1.82, 2.24) is 19.9 Å². The van der Waals surface area contributed by atoms with Crippen LogP contribution in [0.3, 0.4) is 0 Å². The number of aromatic nitrogens is 4. The van der Waals surface area contributed by atoms with Crippen molar-refractivity contribution in [2.24, 2.45) is 0 Å². The van der Waals surface area contributed by atoms with Gasteiger partial charge in [0.25, 0.3) is 0 Å². The average molecular weight is 313 g/mol. The number of anilines is 1. The van der Waals surface area contributed by atoms with E-state index in [-0.39, 0.29) is 0 Å². The van der Waals surface area contributed by atoms with Gasteiger partial charge in [0.1, 0.15) is 5.82 Å². The number of nitrogens with one attached hydrogen (secondary N) is 1. The monoisotopic (exact) mass is 313 g/mol. The van der Waals surface area contributed by atoms with Crippen LogP contribution in [0.2, 0.25) is 0 Å². The average Bonchev–Trinajstić information content (AvgIpc) is 2.67. The van der Waals surface area contributed by atoms with E-state index in [9.17, 15) is 0 Å². The normalized spacial score (nSPS) is 10.7. The van der Waals surface area contributed by atoms with Crippen LogP contribution in [-0.2, 0) is 6.54 Å². The molecule has 4 aromatic rings. The van der Waals surface area contributed by atoms with Crippen molar-refractivity contribution in [3.63, 3.8) is 0 Å². The summed E-state index contributed by atoms with van der Waals surface area (Å²) in [5.74, 6) is 1.48. The molecule has 0 unspecified atom stereocenters. The fraction of sp³-hybridized carbons (Fsp3) is 0.0526. The van der Waals surface area contributed by atoms with Crippen LogP contribution >= 0.6 is 0 Å². The van der Waals surface area contributed by atoms with Crippen LogP contribution in [0.25, 0.3) is 22.3 Å². The lowest BCUT2D eigenvalue weighted by Gasteiger charge is -2.11. The topological polar surface area (TPSA) is 63.6 Å². The minimum Gasteiger partial charge on any atom is -0.365 e. The Morgan fingerprint density at radius 1 is 0.792 bits per heavy atom. The van der Waals surface area contributed by atoms with Gasteiger partial charge < -0.3 is 5.32 Å². The van der Waals surface area contributed by atoms with Crippen molar-refractivity contribution < 1.29 is 0 Å². The summed E-state index contributed by atoms with van der Waals surface area (Å²) in [5.41, 5.74) is 2.95. The van der Waals surface area contributed by atoms with Gasteiger partial charge in [-0.2, -0.15) is 0 Å². The van der Waals surface area contributed by atoms with Crippen molar-refractivity contribution in [2.75, 3.05) is 5.32 Å². The third-order valence-corrected chi connectivity index (χ3v) is 3.73. The molecule has 24 heavy (non-hydrogen) atoms. The summed E-state index contributed by atoms with van der Waals surface area (Å²) in [6.45, 7) is 0.677. The Hall–Kier alpha value is -3.34. The number of pyridine rings is 2. The van der Waals surface area contributed by atoms with Gasteiger partial charge in [0.05, 0.1) is 5.52 Å². The number of hydrogen-bond donors (Lipinski definition) is 1. The highest BCUT2D eigenvalue weighted by atomic mass is 15.0. The molecule has 0 bridgehead atoms. The summed E-state index contributed by atoms with van der Waals surface area (Å²) >= 11 is 0. The van der Waals surface area contributed by atoms with Gasteiger partial charge in [0.2, 0.25) is 0 Å². The molecule has 3 aromatic heterocycles. The summed E-state index contributed by atoms with van der Waals surface area (Å²) in [6.07, 6.45) is 7.09. The second-order valence-electron chi connectivity index (χ2n) is 5.36. The van der Waals surface area contributed by atoms with Gasteiger partial charge in [-0.15, -0.1) is 0 Å². The molecule has 3 heterocycles. The van der Waals surface area contributed by atoms with Crippen molar-refractivity contribution in [1.29, 1.82) is 0 Å². The third kappa shape index (κ3) is 2.92. The zero-order chi connectivity index (χ0) is 16.2. The van der Waals surface area contributed by atoms with Crippen LogP contribution in [-0.4, -0.2) is 19.9 Å². The molecule has 1 aromatic carbocycles. The molecule has 0 atom stereocenters. The number of nitrogens with zero attached hydrogens (tertiary/aromatic N) is 4. The number of rotatable bonds is 4. The standard InChI is InChI=1S/C19H15N5/c1-2-6-17-16(5-1)19(22-12-14-7-10-20-11-8-14)24-18(23-17)15-4-3-9-21-13-15/h1-11,13H,12H2,(H,22,23,24). The molecule has 5 heteroatoms. The maximum atomic E-state index is 4.71. The molecule has 0 fully saturated rings. The zero-order valence-electron chi connectivity index (χ0n) is 12.9. The van der Waals surface area contributed by atoms with E-state index in [1.54, 1.807) is 24.8 Å². The van der Waals surface area contributed by atoms with E-state index in [2.05, 4.69) is 20.3 Å². The zero-order valence-corrected chi connectivity index (χ0v) is 12.9. The van der Waals surface area contributed by atoms with Crippen molar-refractivity contribution in [3.05, 3.63) is 78.9 Å². The Balaban J connectivity index is 1.75. The summed E-state index contributed by atoms with van der Waals surface area (Å²) in [5, 5.41) is 4.41. The predicted molar refractivity (Wildman–Crippen MR) is 94.3 cm³/mol. The number of para-hydroxylation sites is 1. The number of hydrogen-bond acceptors (Lipinski definition) is 5. The minimum absolute atomic E-state index is 0.666. The number of benzene rings is 1. The number of fused-ring (bicyclic) bond motifs is 1. The van der Waals surface area contributed by atoms with Crippen LogP contribution in [0.1, 0.15) is 5.56 Å². The second-order valence-corrected chi connectivity index (χ2v) is 5.36. The van der Waals surface area contributed by atoms with E-state index in [0.29, 0.717) is 12.4 Å². The van der Waals surface area contributed by atoms with E-state index in [0.717, 1.165) is 27.8 Å². The van der Waals surface area contributed by atoms with Gasteiger partial charge in [0, 0.05) is 42.3 Å². The van der Waals surface area contributed by atoms with E-state index < -0.39 is 0 Å². The third-order valence-electron chi connectivity index (χ3n) is 3.73. The van der Waals surface area contributed by atoms with E-state index in [1.807, 2.05) is 48.5 Å². The highest BCUT2D eigenvalue weighted by molar-refractivity contribution is 5.90. The van der Waals surface area contributed by atoms with Crippen molar-refractivity contribution >= 4 is 16.7 Å². The Morgan fingerprint density at radius 3 is 2.50 bits per heavy atom. The largest absolute Gasteiger partial charge is 0.365 e. The first kappa shape index (κ1) is 14.3. The fourth-order valence-corrected chi connectivity index (χ4v) is 2.52.